The van der Waals surface area contributed by atoms with Gasteiger partial charge in [0.25, 0.3) is 0 Å². The molecule has 4 heteroatoms. The zero-order valence-corrected chi connectivity index (χ0v) is 13.5. The maximum Gasteiger partial charge on any atom is 0.188 e. The number of hydrogen-bond donors (Lipinski definition) is 0. The van der Waals surface area contributed by atoms with Crippen LogP contribution in [0.5, 0.6) is 5.75 Å². The molecule has 0 radical (unpaired) electrons. The Morgan fingerprint density at radius 1 is 1.27 bits per heavy atom. The van der Waals surface area contributed by atoms with Crippen LogP contribution in [0.1, 0.15) is 31.2 Å². The third-order valence-corrected chi connectivity index (χ3v) is 4.48. The Kier molecular flexibility index (Phi) is 4.21. The summed E-state index contributed by atoms with van der Waals surface area (Å²) in [5, 5.41) is 1.70. The lowest BCUT2D eigenvalue weighted by molar-refractivity contribution is 0.0963. The Balaban J connectivity index is 2.21. The summed E-state index contributed by atoms with van der Waals surface area (Å²) < 4.78 is 13.7. The average Bonchev–Trinajstić information content (AvgIpc) is 3.04. The molecule has 3 rings (SSSR count). The van der Waals surface area contributed by atoms with Crippen molar-refractivity contribution >= 4 is 10.8 Å². The molecule has 0 N–H and O–H groups in total. The summed E-state index contributed by atoms with van der Waals surface area (Å²) in [4.78, 5) is 12.5. The highest BCUT2D eigenvalue weighted by molar-refractivity contribution is 5.92. The fourth-order valence-corrected chi connectivity index (χ4v) is 3.42. The van der Waals surface area contributed by atoms with Gasteiger partial charge in [-0.05, 0) is 45.7 Å². The van der Waals surface area contributed by atoms with Crippen molar-refractivity contribution in [2.24, 2.45) is 0 Å². The summed E-state index contributed by atoms with van der Waals surface area (Å²) >= 11 is 0. The van der Waals surface area contributed by atoms with Gasteiger partial charge in [0.2, 0.25) is 0 Å². The van der Waals surface area contributed by atoms with Gasteiger partial charge in [0.05, 0.1) is 18.1 Å². The lowest BCUT2D eigenvalue weighted by Gasteiger charge is -2.14. The van der Waals surface area contributed by atoms with Gasteiger partial charge in [-0.15, -0.1) is 0 Å². The third kappa shape index (κ3) is 2.52. The number of hydrogen-bond acceptors (Lipinski definition) is 3. The van der Waals surface area contributed by atoms with Crippen LogP contribution >= 0.6 is 0 Å². The summed E-state index contributed by atoms with van der Waals surface area (Å²) in [6.45, 7) is 8.27. The second-order valence-electron chi connectivity index (χ2n) is 5.85. The predicted molar refractivity (Wildman–Crippen MR) is 87.8 cm³/mol. The zero-order chi connectivity index (χ0) is 15.7. The largest absolute Gasteiger partial charge is 0.493 e. The van der Waals surface area contributed by atoms with Crippen molar-refractivity contribution in [3.05, 3.63) is 39.8 Å². The average molecular weight is 301 g/mol. The summed E-state index contributed by atoms with van der Waals surface area (Å²) in [5.41, 5.74) is 2.14. The molecule has 0 bridgehead atoms. The molecule has 1 saturated heterocycles. The molecule has 22 heavy (non-hydrogen) atoms. The van der Waals surface area contributed by atoms with Crippen LogP contribution < -0.4 is 10.2 Å². The lowest BCUT2D eigenvalue weighted by atomic mass is 10.2. The summed E-state index contributed by atoms with van der Waals surface area (Å²) in [6, 6.07) is 5.28. The number of nitrogens with zero attached hydrogens (tertiary/aromatic N) is 1. The van der Waals surface area contributed by atoms with Gasteiger partial charge in [0, 0.05) is 29.9 Å². The van der Waals surface area contributed by atoms with Gasteiger partial charge < -0.3 is 14.0 Å². The second-order valence-corrected chi connectivity index (χ2v) is 5.85. The molecule has 0 saturated carbocycles. The first-order valence-electron chi connectivity index (χ1n) is 8.00. The molecule has 0 aliphatic carbocycles. The molecule has 1 aliphatic rings. The quantitative estimate of drug-likeness (QED) is 0.870. The van der Waals surface area contributed by atoms with E-state index in [1.165, 1.54) is 0 Å². The Bertz CT molecular complexity index is 742. The maximum absolute atomic E-state index is 12.5. The second kappa shape index (κ2) is 6.13. The molecular formula is C18H23NO3. The van der Waals surface area contributed by atoms with Crippen LogP contribution in [-0.2, 0) is 11.3 Å². The molecule has 0 unspecified atom stereocenters. The number of ether oxygens (including phenoxy) is 2. The van der Waals surface area contributed by atoms with Crippen molar-refractivity contribution in [2.75, 3.05) is 13.2 Å². The highest BCUT2D eigenvalue weighted by Crippen LogP contribution is 2.31. The maximum atomic E-state index is 12.5. The molecule has 4 nitrogen and oxygen atoms in total. The summed E-state index contributed by atoms with van der Waals surface area (Å²) in [7, 11) is 0. The number of aromatic nitrogens is 1. The van der Waals surface area contributed by atoms with E-state index in [1.54, 1.807) is 12.1 Å². The van der Waals surface area contributed by atoms with Gasteiger partial charge >= 0.3 is 0 Å². The van der Waals surface area contributed by atoms with Crippen LogP contribution in [0.2, 0.25) is 0 Å². The van der Waals surface area contributed by atoms with Crippen LogP contribution in [-0.4, -0.2) is 23.9 Å². The molecule has 2 aromatic rings. The highest BCUT2D eigenvalue weighted by atomic mass is 16.5. The summed E-state index contributed by atoms with van der Waals surface area (Å²) in [6.07, 6.45) is 2.46. The van der Waals surface area contributed by atoms with E-state index in [9.17, 15) is 4.79 Å². The van der Waals surface area contributed by atoms with Crippen molar-refractivity contribution in [3.8, 4) is 5.75 Å². The fraction of sp³-hybridized carbons (Fsp3) is 0.500. The van der Waals surface area contributed by atoms with E-state index in [1.807, 2.05) is 19.9 Å². The highest BCUT2D eigenvalue weighted by Gasteiger charge is 2.21. The predicted octanol–water partition coefficient (Wildman–Crippen LogP) is 3.20. The Labute approximate surface area is 130 Å². The number of rotatable bonds is 4. The third-order valence-electron chi connectivity index (χ3n) is 4.48. The molecule has 2 heterocycles. The first-order valence-corrected chi connectivity index (χ1v) is 8.00. The minimum atomic E-state index is 0.0487. The van der Waals surface area contributed by atoms with Crippen LogP contribution in [0.15, 0.2) is 23.0 Å². The van der Waals surface area contributed by atoms with E-state index in [0.29, 0.717) is 6.61 Å². The molecule has 118 valence electrons. The van der Waals surface area contributed by atoms with E-state index in [4.69, 9.17) is 9.47 Å². The van der Waals surface area contributed by atoms with E-state index >= 15 is 0 Å². The van der Waals surface area contributed by atoms with Gasteiger partial charge in [0.1, 0.15) is 5.75 Å². The Morgan fingerprint density at radius 2 is 2.05 bits per heavy atom. The molecule has 1 aromatic carbocycles. The molecule has 0 spiro atoms. The van der Waals surface area contributed by atoms with E-state index in [2.05, 4.69) is 11.5 Å². The fourth-order valence-electron chi connectivity index (χ4n) is 3.42. The van der Waals surface area contributed by atoms with Crippen LogP contribution in [0.3, 0.4) is 0 Å². The molecule has 1 atom stereocenters. The molecular weight excluding hydrogens is 278 g/mol. The van der Waals surface area contributed by atoms with Crippen molar-refractivity contribution < 1.29 is 9.47 Å². The normalized spacial score (nSPS) is 18.0. The van der Waals surface area contributed by atoms with Crippen molar-refractivity contribution in [2.45, 2.75) is 46.3 Å². The van der Waals surface area contributed by atoms with Crippen molar-refractivity contribution in [1.82, 2.24) is 4.57 Å². The first kappa shape index (κ1) is 15.1. The monoisotopic (exact) mass is 301 g/mol. The van der Waals surface area contributed by atoms with Gasteiger partial charge in [-0.25, -0.2) is 0 Å². The SMILES string of the molecule is CCOc1cccc(=O)c2c(C)n(C[C@H]3CCCO3)c(C)c12. The topological polar surface area (TPSA) is 40.5 Å². The minimum Gasteiger partial charge on any atom is -0.493 e. The standard InChI is InChI=1S/C18H23NO3/c1-4-21-16-9-5-8-15(20)17-12(2)19(13(3)18(16)17)11-14-7-6-10-22-14/h5,8-9,14H,4,6-7,10-11H2,1-3H3/t14-/m1/s1. The minimum absolute atomic E-state index is 0.0487. The van der Waals surface area contributed by atoms with Crippen molar-refractivity contribution in [1.29, 1.82) is 0 Å². The van der Waals surface area contributed by atoms with E-state index in [0.717, 1.165) is 53.9 Å². The van der Waals surface area contributed by atoms with Crippen LogP contribution in [0.25, 0.3) is 10.8 Å². The molecule has 1 fully saturated rings. The summed E-state index contributed by atoms with van der Waals surface area (Å²) in [5.74, 6) is 0.784. The molecule has 0 amide bonds. The number of fused-ring (bicyclic) bond motifs is 1. The van der Waals surface area contributed by atoms with E-state index < -0.39 is 0 Å². The first-order chi connectivity index (χ1) is 10.6. The van der Waals surface area contributed by atoms with Crippen LogP contribution in [0, 0.1) is 13.8 Å². The zero-order valence-electron chi connectivity index (χ0n) is 13.5. The van der Waals surface area contributed by atoms with Gasteiger partial charge in [-0.3, -0.25) is 4.79 Å². The van der Waals surface area contributed by atoms with Gasteiger partial charge in [0.15, 0.2) is 5.43 Å². The Morgan fingerprint density at radius 3 is 2.73 bits per heavy atom. The van der Waals surface area contributed by atoms with Crippen molar-refractivity contribution in [3.63, 3.8) is 0 Å². The van der Waals surface area contributed by atoms with Gasteiger partial charge in [-0.2, -0.15) is 0 Å². The Hall–Kier alpha value is -1.81. The number of aryl methyl sites for hydroxylation is 2. The smallest absolute Gasteiger partial charge is 0.188 e. The lowest BCUT2D eigenvalue weighted by Crippen LogP contribution is -2.17. The van der Waals surface area contributed by atoms with E-state index in [-0.39, 0.29) is 11.5 Å². The van der Waals surface area contributed by atoms with Gasteiger partial charge in [-0.1, -0.05) is 6.07 Å². The van der Waals surface area contributed by atoms with Crippen LogP contribution in [0.4, 0.5) is 0 Å². The molecule has 1 aliphatic heterocycles. The molecule has 1 aromatic heterocycles.